The number of benzene rings is 2. The van der Waals surface area contributed by atoms with Crippen LogP contribution in [0.2, 0.25) is 0 Å². The van der Waals surface area contributed by atoms with Gasteiger partial charge in [0.2, 0.25) is 11.8 Å². The maximum Gasteiger partial charge on any atom is 0.228 e. The molecule has 6 rings (SSSR count). The highest BCUT2D eigenvalue weighted by Gasteiger charge is 2.20. The molecular weight excluding hydrogens is 478 g/mol. The number of anilines is 4. The molecule has 5 aromatic rings. The van der Waals surface area contributed by atoms with E-state index in [0.29, 0.717) is 29.2 Å². The van der Waals surface area contributed by atoms with Gasteiger partial charge in [-0.05, 0) is 49.4 Å². The van der Waals surface area contributed by atoms with Crippen LogP contribution < -0.4 is 26.0 Å². The molecule has 1 fully saturated rings. The van der Waals surface area contributed by atoms with E-state index >= 15 is 0 Å². The van der Waals surface area contributed by atoms with Gasteiger partial charge in [-0.25, -0.2) is 15.0 Å². The molecule has 2 aromatic carbocycles. The van der Waals surface area contributed by atoms with Gasteiger partial charge < -0.3 is 26.0 Å². The number of piperazine rings is 1. The number of hydrogen-bond acceptors (Lipinski definition) is 10. The van der Waals surface area contributed by atoms with Gasteiger partial charge in [0, 0.05) is 54.5 Å². The molecule has 4 N–H and O–H groups in total. The Hall–Kier alpha value is -4.83. The first-order valence-electron chi connectivity index (χ1n) is 12.5. The molecule has 1 aliphatic heterocycles. The van der Waals surface area contributed by atoms with Gasteiger partial charge in [0.05, 0.1) is 11.3 Å². The second kappa shape index (κ2) is 10.3. The van der Waals surface area contributed by atoms with Crippen molar-refractivity contribution in [1.29, 1.82) is 0 Å². The van der Waals surface area contributed by atoms with Gasteiger partial charge in [0.15, 0.2) is 11.6 Å². The number of nitrogens with one attached hydrogen (secondary N) is 2. The topological polar surface area (TPSA) is 127 Å². The first-order valence-corrected chi connectivity index (χ1v) is 12.5. The van der Waals surface area contributed by atoms with Crippen LogP contribution in [-0.2, 0) is 0 Å². The maximum absolute atomic E-state index is 6.09. The second-order valence-corrected chi connectivity index (χ2v) is 9.13. The molecule has 10 nitrogen and oxygen atoms in total. The van der Waals surface area contributed by atoms with E-state index in [9.17, 15) is 0 Å². The summed E-state index contributed by atoms with van der Waals surface area (Å²) in [5.74, 6) is 2.88. The zero-order chi connectivity index (χ0) is 25.9. The maximum atomic E-state index is 6.09. The van der Waals surface area contributed by atoms with Gasteiger partial charge >= 0.3 is 0 Å². The minimum absolute atomic E-state index is 0.193. The highest BCUT2D eigenvalue weighted by Crippen LogP contribution is 2.33. The Bertz CT molecular complexity index is 1580. The first-order chi connectivity index (χ1) is 18.6. The largest absolute Gasteiger partial charge is 0.438 e. The fraction of sp³-hybridized carbons (Fsp3) is 0.179. The molecule has 3 aromatic heterocycles. The quantitative estimate of drug-likeness (QED) is 0.306. The normalized spacial score (nSPS) is 15.4. The molecule has 4 heterocycles. The van der Waals surface area contributed by atoms with Crippen LogP contribution in [0.4, 0.5) is 23.3 Å². The van der Waals surface area contributed by atoms with E-state index in [1.807, 2.05) is 48.5 Å². The first kappa shape index (κ1) is 23.6. The van der Waals surface area contributed by atoms with E-state index < -0.39 is 0 Å². The molecule has 0 saturated carbocycles. The monoisotopic (exact) mass is 505 g/mol. The molecule has 0 radical (unpaired) electrons. The highest BCUT2D eigenvalue weighted by atomic mass is 16.5. The predicted octanol–water partition coefficient (Wildman–Crippen LogP) is 4.40. The summed E-state index contributed by atoms with van der Waals surface area (Å²) in [5, 5.41) is 18.2. The van der Waals surface area contributed by atoms with E-state index in [0.717, 1.165) is 47.5 Å². The molecule has 38 heavy (non-hydrogen) atoms. The van der Waals surface area contributed by atoms with Crippen molar-refractivity contribution in [3.05, 3.63) is 79.1 Å². The third-order valence-electron chi connectivity index (χ3n) is 6.39. The van der Waals surface area contributed by atoms with Crippen molar-refractivity contribution in [2.24, 2.45) is 0 Å². The molecule has 1 aliphatic rings. The van der Waals surface area contributed by atoms with Crippen LogP contribution in [0.25, 0.3) is 22.0 Å². The summed E-state index contributed by atoms with van der Waals surface area (Å²) < 4.78 is 6.09. The summed E-state index contributed by atoms with van der Waals surface area (Å²) in [7, 11) is 0. The Morgan fingerprint density at radius 3 is 2.61 bits per heavy atom. The van der Waals surface area contributed by atoms with Gasteiger partial charge in [-0.2, -0.15) is 0 Å². The number of fused-ring (bicyclic) bond motifs is 1. The Labute approximate surface area is 219 Å². The van der Waals surface area contributed by atoms with Gasteiger partial charge in [-0.1, -0.05) is 24.3 Å². The van der Waals surface area contributed by atoms with Gasteiger partial charge in [0.25, 0.3) is 0 Å². The van der Waals surface area contributed by atoms with Crippen molar-refractivity contribution in [2.45, 2.75) is 13.0 Å². The number of nitrogen functional groups attached to an aromatic ring is 1. The highest BCUT2D eigenvalue weighted by molar-refractivity contribution is 5.99. The van der Waals surface area contributed by atoms with Crippen LogP contribution >= 0.6 is 0 Å². The lowest BCUT2D eigenvalue weighted by Gasteiger charge is -2.33. The molecule has 10 heteroatoms. The van der Waals surface area contributed by atoms with E-state index in [2.05, 4.69) is 59.7 Å². The minimum atomic E-state index is 0.193. The minimum Gasteiger partial charge on any atom is -0.438 e. The Morgan fingerprint density at radius 2 is 1.79 bits per heavy atom. The van der Waals surface area contributed by atoms with Crippen LogP contribution in [0, 0.1) is 0 Å². The Morgan fingerprint density at radius 1 is 0.947 bits per heavy atom. The number of aromatic nitrogens is 5. The zero-order valence-corrected chi connectivity index (χ0v) is 20.9. The predicted molar refractivity (Wildman–Crippen MR) is 149 cm³/mol. The van der Waals surface area contributed by atoms with E-state index in [1.54, 1.807) is 18.5 Å². The van der Waals surface area contributed by atoms with Crippen molar-refractivity contribution >= 4 is 34.0 Å². The number of pyridine rings is 1. The lowest BCUT2D eigenvalue weighted by molar-refractivity contribution is 0.465. The van der Waals surface area contributed by atoms with Gasteiger partial charge in [0.1, 0.15) is 5.75 Å². The lowest BCUT2D eigenvalue weighted by Crippen LogP contribution is -2.49. The summed E-state index contributed by atoms with van der Waals surface area (Å²) in [4.78, 5) is 14.9. The number of hydrogen-bond donors (Lipinski definition) is 3. The van der Waals surface area contributed by atoms with Crippen molar-refractivity contribution in [3.63, 3.8) is 0 Å². The third kappa shape index (κ3) is 4.89. The number of nitrogens with zero attached hydrogens (tertiary/aromatic N) is 6. The summed E-state index contributed by atoms with van der Waals surface area (Å²) in [6, 6.07) is 21.7. The van der Waals surface area contributed by atoms with Crippen molar-refractivity contribution < 1.29 is 4.74 Å². The second-order valence-electron chi connectivity index (χ2n) is 9.13. The van der Waals surface area contributed by atoms with Crippen LogP contribution in [0.5, 0.6) is 11.6 Å². The van der Waals surface area contributed by atoms with Gasteiger partial charge in [-0.3, -0.25) is 0 Å². The summed E-state index contributed by atoms with van der Waals surface area (Å²) in [5.41, 5.74) is 7.99. The van der Waals surface area contributed by atoms with E-state index in [-0.39, 0.29) is 5.95 Å². The average Bonchev–Trinajstić information content (AvgIpc) is 2.94. The number of nitrogens with two attached hydrogens (primary N) is 1. The fourth-order valence-electron chi connectivity index (χ4n) is 4.59. The average molecular weight is 506 g/mol. The van der Waals surface area contributed by atoms with Crippen LogP contribution in [-0.4, -0.2) is 50.8 Å². The Balaban J connectivity index is 1.23. The molecule has 0 bridgehead atoms. The lowest BCUT2D eigenvalue weighted by atomic mass is 10.1. The van der Waals surface area contributed by atoms with Crippen molar-refractivity contribution in [2.75, 3.05) is 35.6 Å². The molecule has 190 valence electrons. The SMILES string of the molecule is C[C@H]1CN(c2nnc(Nc3ccc(Oc4ncccc4-c4ccnc(N)n4)cc3)c3ccccc23)CCN1. The van der Waals surface area contributed by atoms with Crippen molar-refractivity contribution in [3.8, 4) is 22.9 Å². The Kier molecular flexibility index (Phi) is 6.37. The van der Waals surface area contributed by atoms with Crippen LogP contribution in [0.3, 0.4) is 0 Å². The fourth-order valence-corrected chi connectivity index (χ4v) is 4.59. The zero-order valence-electron chi connectivity index (χ0n) is 20.9. The van der Waals surface area contributed by atoms with Crippen molar-refractivity contribution in [1.82, 2.24) is 30.5 Å². The number of ether oxygens (including phenoxy) is 1. The molecule has 0 unspecified atom stereocenters. The summed E-state index contributed by atoms with van der Waals surface area (Å²) in [6.07, 6.45) is 3.28. The smallest absolute Gasteiger partial charge is 0.228 e. The van der Waals surface area contributed by atoms with Crippen LogP contribution in [0.1, 0.15) is 6.92 Å². The van der Waals surface area contributed by atoms with Crippen LogP contribution in [0.15, 0.2) is 79.1 Å². The molecule has 0 spiro atoms. The summed E-state index contributed by atoms with van der Waals surface area (Å²) in [6.45, 7) is 4.92. The number of rotatable bonds is 6. The molecule has 1 atom stereocenters. The van der Waals surface area contributed by atoms with E-state index in [1.165, 1.54) is 0 Å². The standard InChI is InChI=1S/C28H27N9O/c1-18-17-37(16-15-30-18)26-22-6-3-2-5-21(22)25(35-36-26)33-19-8-10-20(11-9-19)38-27-23(7-4-13-31-27)24-12-14-32-28(29)34-24/h2-14,18,30H,15-17H2,1H3,(H,33,35)(H2,29,32,34)/t18-/m0/s1. The molecule has 1 saturated heterocycles. The van der Waals surface area contributed by atoms with E-state index in [4.69, 9.17) is 10.5 Å². The summed E-state index contributed by atoms with van der Waals surface area (Å²) >= 11 is 0. The van der Waals surface area contributed by atoms with Gasteiger partial charge in [-0.15, -0.1) is 10.2 Å². The molecule has 0 aliphatic carbocycles. The molecular formula is C28H27N9O. The third-order valence-corrected chi connectivity index (χ3v) is 6.39. The molecule has 0 amide bonds.